The summed E-state index contributed by atoms with van der Waals surface area (Å²) in [5.74, 6) is 0.442. The Bertz CT molecular complexity index is 537. The molecule has 0 unspecified atom stereocenters. The highest BCUT2D eigenvalue weighted by atomic mass is 79.9. The maximum Gasteiger partial charge on any atom is 0.185 e. The van der Waals surface area contributed by atoms with Crippen LogP contribution in [0, 0.1) is 0 Å². The number of carbonyl (C=O) groups is 1. The van der Waals surface area contributed by atoms with Crippen LogP contribution < -0.4 is 0 Å². The first-order valence-electron chi connectivity index (χ1n) is 5.45. The molecule has 0 atom stereocenters. The van der Waals surface area contributed by atoms with Crippen molar-refractivity contribution in [3.8, 4) is 0 Å². The normalized spacial score (nSPS) is 10.9. The number of aldehydes is 1. The van der Waals surface area contributed by atoms with E-state index in [1.807, 2.05) is 29.7 Å². The molecule has 2 aromatic rings. The van der Waals surface area contributed by atoms with E-state index in [1.54, 1.807) is 0 Å². The summed E-state index contributed by atoms with van der Waals surface area (Å²) in [6.07, 6.45) is 0.778. The lowest BCUT2D eigenvalue weighted by Gasteiger charge is -2.05. The predicted molar refractivity (Wildman–Crippen MR) is 69.3 cm³/mol. The number of carbonyl (C=O) groups excluding carboxylic acids is 1. The Morgan fingerprint density at radius 1 is 1.53 bits per heavy atom. The number of nitrogens with zero attached hydrogens (tertiary/aromatic N) is 2. The van der Waals surface area contributed by atoms with Crippen molar-refractivity contribution in [2.45, 2.75) is 13.5 Å². The number of halogens is 1. The minimum absolute atomic E-state index is 0.442. The maximum absolute atomic E-state index is 11.0. The van der Waals surface area contributed by atoms with Crippen molar-refractivity contribution in [2.24, 2.45) is 0 Å². The number of ether oxygens (including phenoxy) is 1. The Labute approximate surface area is 108 Å². The smallest absolute Gasteiger partial charge is 0.185 e. The Morgan fingerprint density at radius 3 is 3.06 bits per heavy atom. The summed E-state index contributed by atoms with van der Waals surface area (Å²) in [5, 5.41) is 0. The molecule has 0 aliphatic rings. The van der Waals surface area contributed by atoms with Gasteiger partial charge >= 0.3 is 0 Å². The fourth-order valence-electron chi connectivity index (χ4n) is 1.75. The summed E-state index contributed by atoms with van der Waals surface area (Å²) in [7, 11) is 0. The monoisotopic (exact) mass is 296 g/mol. The van der Waals surface area contributed by atoms with Crippen molar-refractivity contribution in [1.82, 2.24) is 9.55 Å². The number of fused-ring (bicyclic) bond motifs is 1. The fraction of sp³-hybridized carbons (Fsp3) is 0.333. The standard InChI is InChI=1S/C12H13BrN2O2/c1-2-17-6-5-15-11-4-3-9(13)7-10(11)14-12(15)8-16/h3-4,7-8H,2,5-6H2,1H3. The summed E-state index contributed by atoms with van der Waals surface area (Å²) in [4.78, 5) is 15.3. The van der Waals surface area contributed by atoms with Crippen LogP contribution in [0.5, 0.6) is 0 Å². The Hall–Kier alpha value is -1.20. The molecule has 0 saturated heterocycles. The van der Waals surface area contributed by atoms with Gasteiger partial charge in [-0.1, -0.05) is 15.9 Å². The highest BCUT2D eigenvalue weighted by molar-refractivity contribution is 9.10. The highest BCUT2D eigenvalue weighted by Gasteiger charge is 2.09. The van der Waals surface area contributed by atoms with Crippen molar-refractivity contribution < 1.29 is 9.53 Å². The Kier molecular flexibility index (Phi) is 3.91. The van der Waals surface area contributed by atoms with Gasteiger partial charge in [0.1, 0.15) is 0 Å². The van der Waals surface area contributed by atoms with E-state index in [-0.39, 0.29) is 0 Å². The SMILES string of the molecule is CCOCCn1c(C=O)nc2cc(Br)ccc21. The van der Waals surface area contributed by atoms with Crippen LogP contribution in [0.3, 0.4) is 0 Å². The van der Waals surface area contributed by atoms with Crippen LogP contribution in [0.1, 0.15) is 17.5 Å². The van der Waals surface area contributed by atoms with Gasteiger partial charge in [-0.05, 0) is 25.1 Å². The summed E-state index contributed by atoms with van der Waals surface area (Å²) in [6, 6.07) is 5.79. The zero-order valence-corrected chi connectivity index (χ0v) is 11.1. The molecular formula is C12H13BrN2O2. The van der Waals surface area contributed by atoms with E-state index in [2.05, 4.69) is 20.9 Å². The molecule has 0 spiro atoms. The van der Waals surface area contributed by atoms with Crippen LogP contribution in [0.15, 0.2) is 22.7 Å². The minimum atomic E-state index is 0.442. The maximum atomic E-state index is 11.0. The average Bonchev–Trinajstić information content (AvgIpc) is 2.67. The molecular weight excluding hydrogens is 284 g/mol. The topological polar surface area (TPSA) is 44.1 Å². The molecule has 17 heavy (non-hydrogen) atoms. The zero-order chi connectivity index (χ0) is 12.3. The minimum Gasteiger partial charge on any atom is -0.380 e. The van der Waals surface area contributed by atoms with Gasteiger partial charge in [0.25, 0.3) is 0 Å². The summed E-state index contributed by atoms with van der Waals surface area (Å²) in [5.41, 5.74) is 1.77. The molecule has 1 heterocycles. The van der Waals surface area contributed by atoms with Crippen molar-refractivity contribution in [3.63, 3.8) is 0 Å². The molecule has 0 N–H and O–H groups in total. The molecule has 0 amide bonds. The lowest BCUT2D eigenvalue weighted by atomic mass is 10.3. The van der Waals surface area contributed by atoms with Gasteiger partial charge in [-0.25, -0.2) is 4.98 Å². The number of imidazole rings is 1. The summed E-state index contributed by atoms with van der Waals surface area (Å²) < 4.78 is 8.14. The molecule has 1 aromatic heterocycles. The van der Waals surface area contributed by atoms with E-state index < -0.39 is 0 Å². The summed E-state index contributed by atoms with van der Waals surface area (Å²) in [6.45, 7) is 3.84. The molecule has 1 aromatic carbocycles. The van der Waals surface area contributed by atoms with Gasteiger partial charge in [0.05, 0.1) is 17.6 Å². The number of rotatable bonds is 5. The second-order valence-corrected chi connectivity index (χ2v) is 4.49. The van der Waals surface area contributed by atoms with Gasteiger partial charge in [0.15, 0.2) is 12.1 Å². The molecule has 2 rings (SSSR count). The van der Waals surface area contributed by atoms with Crippen LogP contribution in [-0.4, -0.2) is 29.1 Å². The van der Waals surface area contributed by atoms with Gasteiger partial charge in [-0.15, -0.1) is 0 Å². The Morgan fingerprint density at radius 2 is 2.35 bits per heavy atom. The van der Waals surface area contributed by atoms with Gasteiger partial charge in [-0.2, -0.15) is 0 Å². The third-order valence-electron chi connectivity index (χ3n) is 2.51. The largest absolute Gasteiger partial charge is 0.380 e. The average molecular weight is 297 g/mol. The molecule has 0 aliphatic carbocycles. The van der Waals surface area contributed by atoms with E-state index in [9.17, 15) is 4.79 Å². The lowest BCUT2D eigenvalue weighted by Crippen LogP contribution is -2.08. The molecule has 5 heteroatoms. The molecule has 0 bridgehead atoms. The van der Waals surface area contributed by atoms with Gasteiger partial charge in [0.2, 0.25) is 0 Å². The third kappa shape index (κ3) is 2.56. The molecule has 0 aliphatic heterocycles. The van der Waals surface area contributed by atoms with Crippen LogP contribution in [0.2, 0.25) is 0 Å². The Balaban J connectivity index is 2.40. The van der Waals surface area contributed by atoms with Crippen LogP contribution in [0.4, 0.5) is 0 Å². The van der Waals surface area contributed by atoms with Gasteiger partial charge < -0.3 is 9.30 Å². The first-order valence-corrected chi connectivity index (χ1v) is 6.24. The number of hydrogen-bond acceptors (Lipinski definition) is 3. The quantitative estimate of drug-likeness (QED) is 0.629. The third-order valence-corrected chi connectivity index (χ3v) is 3.00. The van der Waals surface area contributed by atoms with E-state index in [1.165, 1.54) is 0 Å². The predicted octanol–water partition coefficient (Wildman–Crippen LogP) is 2.65. The molecule has 4 nitrogen and oxygen atoms in total. The van der Waals surface area contributed by atoms with Crippen LogP contribution in [-0.2, 0) is 11.3 Å². The molecule has 0 fully saturated rings. The second-order valence-electron chi connectivity index (χ2n) is 3.57. The first-order chi connectivity index (χ1) is 8.26. The van der Waals surface area contributed by atoms with Crippen molar-refractivity contribution in [2.75, 3.05) is 13.2 Å². The number of aromatic nitrogens is 2. The highest BCUT2D eigenvalue weighted by Crippen LogP contribution is 2.20. The lowest BCUT2D eigenvalue weighted by molar-refractivity contribution is 0.110. The van der Waals surface area contributed by atoms with Crippen LogP contribution >= 0.6 is 15.9 Å². The number of hydrogen-bond donors (Lipinski definition) is 0. The molecule has 0 saturated carbocycles. The van der Waals surface area contributed by atoms with Gasteiger partial charge in [-0.3, -0.25) is 4.79 Å². The van der Waals surface area contributed by atoms with Crippen molar-refractivity contribution in [3.05, 3.63) is 28.5 Å². The van der Waals surface area contributed by atoms with Crippen molar-refractivity contribution >= 4 is 33.2 Å². The van der Waals surface area contributed by atoms with Crippen LogP contribution in [0.25, 0.3) is 11.0 Å². The summed E-state index contributed by atoms with van der Waals surface area (Å²) >= 11 is 3.39. The molecule has 90 valence electrons. The van der Waals surface area contributed by atoms with Gasteiger partial charge in [0, 0.05) is 17.6 Å². The molecule has 0 radical (unpaired) electrons. The first kappa shape index (κ1) is 12.3. The van der Waals surface area contributed by atoms with E-state index in [0.29, 0.717) is 25.6 Å². The van der Waals surface area contributed by atoms with E-state index in [4.69, 9.17) is 4.74 Å². The second kappa shape index (κ2) is 5.42. The fourth-order valence-corrected chi connectivity index (χ4v) is 2.10. The van der Waals surface area contributed by atoms with E-state index in [0.717, 1.165) is 21.8 Å². The zero-order valence-electron chi connectivity index (χ0n) is 9.52. The number of benzene rings is 1. The van der Waals surface area contributed by atoms with Crippen molar-refractivity contribution in [1.29, 1.82) is 0 Å². The van der Waals surface area contributed by atoms with E-state index >= 15 is 0 Å².